The van der Waals surface area contributed by atoms with Gasteiger partial charge in [-0.25, -0.2) is 0 Å². The van der Waals surface area contributed by atoms with E-state index in [9.17, 15) is 19.5 Å². The number of aliphatic hydroxyl groups is 1. The number of ether oxygens (including phenoxy) is 1. The van der Waals surface area contributed by atoms with Gasteiger partial charge in [0.2, 0.25) is 17.7 Å². The number of likely N-dealkylation sites (tertiary alicyclic amines) is 1. The number of rotatable bonds is 9. The summed E-state index contributed by atoms with van der Waals surface area (Å²) in [6.45, 7) is 18.2. The molecule has 3 saturated heterocycles. The lowest BCUT2D eigenvalue weighted by atomic mass is 9.62. The Kier molecular flexibility index (Phi) is 7.08. The van der Waals surface area contributed by atoms with E-state index in [2.05, 4.69) is 13.2 Å². The third-order valence-corrected chi connectivity index (χ3v) is 8.04. The molecule has 0 aromatic heterocycles. The van der Waals surface area contributed by atoms with Crippen molar-refractivity contribution in [1.29, 1.82) is 0 Å². The van der Waals surface area contributed by atoms with Crippen LogP contribution in [-0.2, 0) is 19.1 Å². The Hall–Kier alpha value is -2.19. The molecule has 3 aliphatic rings. The van der Waals surface area contributed by atoms with E-state index in [1.54, 1.807) is 33.9 Å². The molecule has 3 heterocycles. The molecule has 0 saturated carbocycles. The Morgan fingerprint density at radius 2 is 1.85 bits per heavy atom. The van der Waals surface area contributed by atoms with Gasteiger partial charge in [0.1, 0.15) is 11.6 Å². The monoisotopic (exact) mass is 475 g/mol. The van der Waals surface area contributed by atoms with Gasteiger partial charge in [-0.3, -0.25) is 14.4 Å². The van der Waals surface area contributed by atoms with E-state index in [-0.39, 0.29) is 36.8 Å². The van der Waals surface area contributed by atoms with Crippen LogP contribution in [0.2, 0.25) is 0 Å². The van der Waals surface area contributed by atoms with E-state index >= 15 is 0 Å². The molecular weight excluding hydrogens is 434 g/mol. The van der Waals surface area contributed by atoms with Crippen LogP contribution in [0.3, 0.4) is 0 Å². The topological polar surface area (TPSA) is 90.4 Å². The highest BCUT2D eigenvalue weighted by Crippen LogP contribution is 2.65. The molecule has 3 aliphatic heterocycles. The standard InChI is InChI=1S/C26H41N3O5/c1-9-12-27(8)21(31)18-19-22(32)28(14-11-15-30)20(23(33)29(13-10-2)24(4,5)6)26(19)16-17(3)25(18,7)34-26/h9-10,17-20,30H,1-2,11-16H2,3-8H3/t17?,18-,19+,20?,25+,26?/m1/s1. The molecule has 6 atom stereocenters. The van der Waals surface area contributed by atoms with E-state index in [1.165, 1.54) is 0 Å². The minimum Gasteiger partial charge on any atom is -0.396 e. The summed E-state index contributed by atoms with van der Waals surface area (Å²) in [6.07, 6.45) is 4.20. The van der Waals surface area contributed by atoms with Gasteiger partial charge in [-0.15, -0.1) is 13.2 Å². The minimum atomic E-state index is -1.09. The summed E-state index contributed by atoms with van der Waals surface area (Å²) in [5.74, 6) is -2.05. The summed E-state index contributed by atoms with van der Waals surface area (Å²) in [5, 5.41) is 9.50. The second-order valence-electron chi connectivity index (χ2n) is 11.2. The second-order valence-corrected chi connectivity index (χ2v) is 11.2. The van der Waals surface area contributed by atoms with Crippen molar-refractivity contribution in [2.75, 3.05) is 33.3 Å². The first-order valence-electron chi connectivity index (χ1n) is 12.2. The molecule has 8 nitrogen and oxygen atoms in total. The number of likely N-dealkylation sites (N-methyl/N-ethyl adjacent to an activating group) is 1. The molecule has 0 radical (unpaired) electrons. The first-order valence-corrected chi connectivity index (χ1v) is 12.2. The summed E-state index contributed by atoms with van der Waals surface area (Å²) in [5.41, 5.74) is -2.44. The highest BCUT2D eigenvalue weighted by Gasteiger charge is 2.80. The van der Waals surface area contributed by atoms with Crippen molar-refractivity contribution in [3.8, 4) is 0 Å². The summed E-state index contributed by atoms with van der Waals surface area (Å²) < 4.78 is 6.73. The van der Waals surface area contributed by atoms with Gasteiger partial charge < -0.3 is 24.5 Å². The lowest BCUT2D eigenvalue weighted by Crippen LogP contribution is -2.60. The normalized spacial score (nSPS) is 34.2. The molecule has 3 amide bonds. The Morgan fingerprint density at radius 1 is 1.24 bits per heavy atom. The zero-order chi connectivity index (χ0) is 25.6. The number of hydrogen-bond acceptors (Lipinski definition) is 5. The number of nitrogens with zero attached hydrogens (tertiary/aromatic N) is 3. The Morgan fingerprint density at radius 3 is 2.38 bits per heavy atom. The number of carbonyl (C=O) groups excluding carboxylic acids is 3. The van der Waals surface area contributed by atoms with Crippen LogP contribution in [0.15, 0.2) is 25.3 Å². The highest BCUT2D eigenvalue weighted by molar-refractivity contribution is 5.99. The van der Waals surface area contributed by atoms with Crippen LogP contribution in [0.4, 0.5) is 0 Å². The van der Waals surface area contributed by atoms with Crippen molar-refractivity contribution in [1.82, 2.24) is 14.7 Å². The molecule has 2 bridgehead atoms. The van der Waals surface area contributed by atoms with Gasteiger partial charge in [0.05, 0.1) is 17.4 Å². The summed E-state index contributed by atoms with van der Waals surface area (Å²) in [4.78, 5) is 46.6. The van der Waals surface area contributed by atoms with Crippen LogP contribution >= 0.6 is 0 Å². The van der Waals surface area contributed by atoms with E-state index in [4.69, 9.17) is 4.74 Å². The van der Waals surface area contributed by atoms with Crippen molar-refractivity contribution >= 4 is 17.7 Å². The maximum Gasteiger partial charge on any atom is 0.249 e. The number of carbonyl (C=O) groups is 3. The summed E-state index contributed by atoms with van der Waals surface area (Å²) in [7, 11) is 1.70. The molecule has 1 spiro atoms. The molecule has 8 heteroatoms. The quantitative estimate of drug-likeness (QED) is 0.514. The van der Waals surface area contributed by atoms with Crippen LogP contribution in [0.5, 0.6) is 0 Å². The second kappa shape index (κ2) is 9.11. The number of hydrogen-bond donors (Lipinski definition) is 1. The molecule has 3 unspecified atom stereocenters. The van der Waals surface area contributed by atoms with Gasteiger partial charge in [-0.1, -0.05) is 19.1 Å². The lowest BCUT2D eigenvalue weighted by Gasteiger charge is -2.42. The maximum atomic E-state index is 14.2. The van der Waals surface area contributed by atoms with Crippen molar-refractivity contribution in [3.05, 3.63) is 25.3 Å². The largest absolute Gasteiger partial charge is 0.396 e. The molecule has 0 aliphatic carbocycles. The number of amides is 3. The van der Waals surface area contributed by atoms with Crippen LogP contribution < -0.4 is 0 Å². The molecule has 3 fully saturated rings. The minimum absolute atomic E-state index is 0.0155. The molecule has 0 aromatic rings. The van der Waals surface area contributed by atoms with E-state index in [0.717, 1.165) is 0 Å². The van der Waals surface area contributed by atoms with Gasteiger partial charge in [-0.2, -0.15) is 0 Å². The van der Waals surface area contributed by atoms with Gasteiger partial charge in [0.15, 0.2) is 0 Å². The molecule has 3 rings (SSSR count). The molecule has 34 heavy (non-hydrogen) atoms. The molecule has 0 aromatic carbocycles. The SMILES string of the molecule is C=CCN(C)C(=O)[C@H]1[C@H]2C(=O)N(CCCO)C(C(=O)N(CC=C)C(C)(C)C)C23CC(C)[C@]1(C)O3. The zero-order valence-corrected chi connectivity index (χ0v) is 21.5. The Balaban J connectivity index is 2.14. The van der Waals surface area contributed by atoms with Crippen LogP contribution in [0, 0.1) is 17.8 Å². The molecular formula is C26H41N3O5. The average molecular weight is 476 g/mol. The van der Waals surface area contributed by atoms with Crippen molar-refractivity contribution in [2.45, 2.75) is 70.2 Å². The first kappa shape index (κ1) is 26.4. The number of fused-ring (bicyclic) bond motifs is 1. The third kappa shape index (κ3) is 3.79. The predicted molar refractivity (Wildman–Crippen MR) is 130 cm³/mol. The van der Waals surface area contributed by atoms with Crippen LogP contribution in [0.25, 0.3) is 0 Å². The van der Waals surface area contributed by atoms with Gasteiger partial charge in [0.25, 0.3) is 0 Å². The third-order valence-electron chi connectivity index (χ3n) is 8.04. The summed E-state index contributed by atoms with van der Waals surface area (Å²) >= 11 is 0. The average Bonchev–Trinajstić information content (AvgIpc) is 3.25. The predicted octanol–water partition coefficient (Wildman–Crippen LogP) is 1.84. The van der Waals surface area contributed by atoms with Gasteiger partial charge in [0, 0.05) is 38.8 Å². The van der Waals surface area contributed by atoms with Crippen molar-refractivity contribution < 1.29 is 24.2 Å². The highest BCUT2D eigenvalue weighted by atomic mass is 16.5. The fourth-order valence-electron chi connectivity index (χ4n) is 6.37. The molecule has 1 N–H and O–H groups in total. The van der Waals surface area contributed by atoms with Crippen LogP contribution in [0.1, 0.15) is 47.5 Å². The van der Waals surface area contributed by atoms with Gasteiger partial charge >= 0.3 is 0 Å². The number of aliphatic hydroxyl groups excluding tert-OH is 1. The maximum absolute atomic E-state index is 14.2. The van der Waals surface area contributed by atoms with Crippen molar-refractivity contribution in [3.63, 3.8) is 0 Å². The van der Waals surface area contributed by atoms with E-state index < -0.39 is 34.6 Å². The smallest absolute Gasteiger partial charge is 0.249 e. The fourth-order valence-corrected chi connectivity index (χ4v) is 6.37. The zero-order valence-electron chi connectivity index (χ0n) is 21.5. The van der Waals surface area contributed by atoms with E-state index in [1.807, 2.05) is 34.6 Å². The van der Waals surface area contributed by atoms with Crippen molar-refractivity contribution in [2.24, 2.45) is 17.8 Å². The van der Waals surface area contributed by atoms with Crippen LogP contribution in [-0.4, -0.2) is 93.6 Å². The van der Waals surface area contributed by atoms with E-state index in [0.29, 0.717) is 25.9 Å². The Labute approximate surface area is 203 Å². The van der Waals surface area contributed by atoms with Gasteiger partial charge in [-0.05, 0) is 46.5 Å². The lowest BCUT2D eigenvalue weighted by molar-refractivity contribution is -0.156. The molecule has 190 valence electrons. The first-order chi connectivity index (χ1) is 15.8. The fraction of sp³-hybridized carbons (Fsp3) is 0.731. The Bertz CT molecular complexity index is 867. The summed E-state index contributed by atoms with van der Waals surface area (Å²) in [6, 6.07) is -0.859.